The van der Waals surface area contributed by atoms with E-state index < -0.39 is 0 Å². The molecular weight excluding hydrogens is 214 g/mol. The van der Waals surface area contributed by atoms with E-state index in [-0.39, 0.29) is 0 Å². The smallest absolute Gasteiger partial charge is 0.236 e. The van der Waals surface area contributed by atoms with Crippen LogP contribution in [0.4, 0.5) is 0 Å². The Morgan fingerprint density at radius 1 is 1.29 bits per heavy atom. The fourth-order valence-electron chi connectivity index (χ4n) is 2.92. The van der Waals surface area contributed by atoms with Crippen molar-refractivity contribution in [2.75, 3.05) is 33.2 Å². The number of hydrogen-bond acceptors (Lipinski definition) is 3. The second kappa shape index (κ2) is 5.83. The lowest BCUT2D eigenvalue weighted by molar-refractivity contribution is -0.133. The molecule has 0 unspecified atom stereocenters. The van der Waals surface area contributed by atoms with Crippen LogP contribution in [0.5, 0.6) is 0 Å². The first kappa shape index (κ1) is 12.8. The molecule has 1 saturated heterocycles. The van der Waals surface area contributed by atoms with Crippen molar-refractivity contribution in [1.82, 2.24) is 9.80 Å². The first-order chi connectivity index (χ1) is 8.15. The van der Waals surface area contributed by atoms with Crippen molar-refractivity contribution in [2.24, 2.45) is 11.7 Å². The predicted octanol–water partition coefficient (Wildman–Crippen LogP) is 0.668. The molecule has 0 radical (unpaired) electrons. The van der Waals surface area contributed by atoms with E-state index in [1.165, 1.54) is 19.3 Å². The van der Waals surface area contributed by atoms with Gasteiger partial charge in [-0.3, -0.25) is 9.69 Å². The second-order valence-corrected chi connectivity index (χ2v) is 5.74. The molecule has 0 aromatic heterocycles. The number of amides is 1. The van der Waals surface area contributed by atoms with Gasteiger partial charge in [-0.1, -0.05) is 0 Å². The standard InChI is InChI=1S/C13H25N3O/c1-15(9-11-7-12(14)8-11)10-13(17)16-5-3-2-4-6-16/h11-12H,2-10,14H2,1H3. The molecule has 2 aliphatic rings. The van der Waals surface area contributed by atoms with E-state index >= 15 is 0 Å². The van der Waals surface area contributed by atoms with Crippen LogP contribution in [-0.4, -0.2) is 55.0 Å². The zero-order valence-electron chi connectivity index (χ0n) is 10.9. The normalized spacial score (nSPS) is 29.2. The highest BCUT2D eigenvalue weighted by Gasteiger charge is 2.27. The molecule has 4 heteroatoms. The average Bonchev–Trinajstić information content (AvgIpc) is 2.28. The number of carbonyl (C=O) groups is 1. The van der Waals surface area contributed by atoms with Crippen molar-refractivity contribution in [3.8, 4) is 0 Å². The molecule has 0 atom stereocenters. The first-order valence-electron chi connectivity index (χ1n) is 6.87. The highest BCUT2D eigenvalue weighted by Crippen LogP contribution is 2.25. The number of piperidine rings is 1. The van der Waals surface area contributed by atoms with Crippen LogP contribution >= 0.6 is 0 Å². The minimum atomic E-state index is 0.302. The molecule has 0 aromatic carbocycles. The Labute approximate surface area is 104 Å². The molecule has 2 N–H and O–H groups in total. The summed E-state index contributed by atoms with van der Waals surface area (Å²) in [5.41, 5.74) is 5.77. The number of likely N-dealkylation sites (N-methyl/N-ethyl adjacent to an activating group) is 1. The number of carbonyl (C=O) groups excluding carboxylic acids is 1. The van der Waals surface area contributed by atoms with Crippen LogP contribution in [0.25, 0.3) is 0 Å². The number of rotatable bonds is 4. The number of likely N-dealkylation sites (tertiary alicyclic amines) is 1. The van der Waals surface area contributed by atoms with Crippen molar-refractivity contribution in [1.29, 1.82) is 0 Å². The fraction of sp³-hybridized carbons (Fsp3) is 0.923. The van der Waals surface area contributed by atoms with Crippen molar-refractivity contribution in [3.05, 3.63) is 0 Å². The minimum Gasteiger partial charge on any atom is -0.342 e. The SMILES string of the molecule is CN(CC(=O)N1CCCCC1)CC1CC(N)C1. The van der Waals surface area contributed by atoms with Gasteiger partial charge in [-0.2, -0.15) is 0 Å². The van der Waals surface area contributed by atoms with Gasteiger partial charge in [-0.15, -0.1) is 0 Å². The summed E-state index contributed by atoms with van der Waals surface area (Å²) in [6.45, 7) is 3.51. The van der Waals surface area contributed by atoms with Crippen LogP contribution in [0.15, 0.2) is 0 Å². The van der Waals surface area contributed by atoms with Gasteiger partial charge in [-0.05, 0) is 45.1 Å². The molecule has 1 aliphatic heterocycles. The maximum absolute atomic E-state index is 12.0. The molecule has 0 bridgehead atoms. The molecule has 1 heterocycles. The van der Waals surface area contributed by atoms with Crippen LogP contribution in [-0.2, 0) is 4.79 Å². The van der Waals surface area contributed by atoms with Crippen LogP contribution < -0.4 is 5.73 Å². The lowest BCUT2D eigenvalue weighted by Gasteiger charge is -2.36. The van der Waals surface area contributed by atoms with E-state index in [1.807, 2.05) is 11.9 Å². The third-order valence-electron chi connectivity index (χ3n) is 3.96. The first-order valence-corrected chi connectivity index (χ1v) is 6.87. The van der Waals surface area contributed by atoms with Crippen LogP contribution in [0.3, 0.4) is 0 Å². The van der Waals surface area contributed by atoms with Gasteiger partial charge >= 0.3 is 0 Å². The Kier molecular flexibility index (Phi) is 4.40. The largest absolute Gasteiger partial charge is 0.342 e. The van der Waals surface area contributed by atoms with E-state index in [0.29, 0.717) is 24.4 Å². The average molecular weight is 239 g/mol. The summed E-state index contributed by atoms with van der Waals surface area (Å²) in [6, 6.07) is 0.409. The van der Waals surface area contributed by atoms with Crippen LogP contribution in [0.2, 0.25) is 0 Å². The maximum atomic E-state index is 12.0. The predicted molar refractivity (Wildman–Crippen MR) is 68.6 cm³/mol. The lowest BCUT2D eigenvalue weighted by Crippen LogP contribution is -2.46. The summed E-state index contributed by atoms with van der Waals surface area (Å²) in [4.78, 5) is 16.2. The minimum absolute atomic E-state index is 0.302. The summed E-state index contributed by atoms with van der Waals surface area (Å²) in [5.74, 6) is 1.01. The quantitative estimate of drug-likeness (QED) is 0.784. The Hall–Kier alpha value is -0.610. The molecule has 0 spiro atoms. The van der Waals surface area contributed by atoms with E-state index in [9.17, 15) is 4.79 Å². The van der Waals surface area contributed by atoms with Crippen molar-refractivity contribution in [2.45, 2.75) is 38.1 Å². The van der Waals surface area contributed by atoms with Crippen molar-refractivity contribution >= 4 is 5.91 Å². The van der Waals surface area contributed by atoms with Crippen LogP contribution in [0.1, 0.15) is 32.1 Å². The number of hydrogen-bond donors (Lipinski definition) is 1. The van der Waals surface area contributed by atoms with E-state index in [2.05, 4.69) is 4.90 Å². The molecule has 2 fully saturated rings. The van der Waals surface area contributed by atoms with Gasteiger partial charge in [0.2, 0.25) is 5.91 Å². The number of nitrogens with zero attached hydrogens (tertiary/aromatic N) is 2. The van der Waals surface area contributed by atoms with Gasteiger partial charge in [0.05, 0.1) is 6.54 Å². The monoisotopic (exact) mass is 239 g/mol. The molecule has 1 aliphatic carbocycles. The van der Waals surface area contributed by atoms with Crippen LogP contribution in [0, 0.1) is 5.92 Å². The summed E-state index contributed by atoms with van der Waals surface area (Å²) >= 11 is 0. The molecule has 1 saturated carbocycles. The Morgan fingerprint density at radius 2 is 1.94 bits per heavy atom. The van der Waals surface area contributed by atoms with Gasteiger partial charge in [0.15, 0.2) is 0 Å². The molecule has 17 heavy (non-hydrogen) atoms. The van der Waals surface area contributed by atoms with Crippen molar-refractivity contribution in [3.63, 3.8) is 0 Å². The molecular formula is C13H25N3O. The third kappa shape index (κ3) is 3.68. The third-order valence-corrected chi connectivity index (χ3v) is 3.96. The lowest BCUT2D eigenvalue weighted by atomic mass is 9.80. The second-order valence-electron chi connectivity index (χ2n) is 5.74. The summed E-state index contributed by atoms with van der Waals surface area (Å²) < 4.78 is 0. The zero-order valence-corrected chi connectivity index (χ0v) is 10.9. The van der Waals surface area contributed by atoms with E-state index in [0.717, 1.165) is 32.5 Å². The molecule has 2 rings (SSSR count). The van der Waals surface area contributed by atoms with Crippen molar-refractivity contribution < 1.29 is 4.79 Å². The van der Waals surface area contributed by atoms with E-state index in [4.69, 9.17) is 5.73 Å². The Balaban J connectivity index is 1.66. The molecule has 0 aromatic rings. The van der Waals surface area contributed by atoms with Gasteiger partial charge < -0.3 is 10.6 Å². The summed E-state index contributed by atoms with van der Waals surface area (Å²) in [7, 11) is 2.05. The number of nitrogens with two attached hydrogens (primary N) is 1. The molecule has 4 nitrogen and oxygen atoms in total. The topological polar surface area (TPSA) is 49.6 Å². The van der Waals surface area contributed by atoms with Gasteiger partial charge in [0.1, 0.15) is 0 Å². The van der Waals surface area contributed by atoms with Gasteiger partial charge in [-0.25, -0.2) is 0 Å². The fourth-order valence-corrected chi connectivity index (χ4v) is 2.92. The zero-order chi connectivity index (χ0) is 12.3. The highest BCUT2D eigenvalue weighted by molar-refractivity contribution is 5.78. The Morgan fingerprint density at radius 3 is 2.53 bits per heavy atom. The molecule has 98 valence electrons. The van der Waals surface area contributed by atoms with E-state index in [1.54, 1.807) is 0 Å². The molecule has 1 amide bonds. The highest BCUT2D eigenvalue weighted by atomic mass is 16.2. The summed E-state index contributed by atoms with van der Waals surface area (Å²) in [5, 5.41) is 0. The maximum Gasteiger partial charge on any atom is 0.236 e. The van der Waals surface area contributed by atoms with Gasteiger partial charge in [0.25, 0.3) is 0 Å². The van der Waals surface area contributed by atoms with Gasteiger partial charge in [0, 0.05) is 25.7 Å². The Bertz CT molecular complexity index is 257. The summed E-state index contributed by atoms with van der Waals surface area (Å²) in [6.07, 6.45) is 5.88.